The summed E-state index contributed by atoms with van der Waals surface area (Å²) in [7, 11) is 2.60. The minimum atomic E-state index is -1.23. The van der Waals surface area contributed by atoms with Gasteiger partial charge in [-0.1, -0.05) is 18.9 Å². The van der Waals surface area contributed by atoms with Gasteiger partial charge < -0.3 is 19.7 Å². The largest absolute Gasteiger partial charge is 0.589 e. The molecule has 1 atom stereocenters. The standard InChI is InChI=1S/C22H29N3O2S/c1-5-8-20-17(6-2)18-9-7-10-19(22(18)28(20)27)23-16-11-13-25(14-12-16)21(26)15-24(3)4/h7,9-10,16,23H,6,11-15H2,1-4H3. The second-order valence-electron chi connectivity index (χ2n) is 7.52. The zero-order valence-corrected chi connectivity index (χ0v) is 18.0. The Morgan fingerprint density at radius 3 is 2.68 bits per heavy atom. The molecule has 2 aromatic rings. The van der Waals surface area contributed by atoms with E-state index in [-0.39, 0.29) is 11.9 Å². The van der Waals surface area contributed by atoms with Gasteiger partial charge in [0, 0.05) is 30.1 Å². The zero-order chi connectivity index (χ0) is 20.3. The summed E-state index contributed by atoms with van der Waals surface area (Å²) in [6.07, 6.45) is 2.61. The zero-order valence-electron chi connectivity index (χ0n) is 17.2. The van der Waals surface area contributed by atoms with Gasteiger partial charge in [0.25, 0.3) is 0 Å². The number of hydrogen-bond donors (Lipinski definition) is 1. The van der Waals surface area contributed by atoms with Gasteiger partial charge in [-0.25, -0.2) is 0 Å². The van der Waals surface area contributed by atoms with Gasteiger partial charge in [-0.05, 0) is 69.1 Å². The molecular formula is C22H29N3O2S. The minimum absolute atomic E-state index is 0.185. The molecule has 1 fully saturated rings. The van der Waals surface area contributed by atoms with Gasteiger partial charge in [0.1, 0.15) is 0 Å². The van der Waals surface area contributed by atoms with Crippen LogP contribution in [0.25, 0.3) is 10.1 Å². The first kappa shape index (κ1) is 20.7. The van der Waals surface area contributed by atoms with Crippen LogP contribution in [0.2, 0.25) is 0 Å². The lowest BCUT2D eigenvalue weighted by Gasteiger charge is -2.33. The minimum Gasteiger partial charge on any atom is -0.589 e. The van der Waals surface area contributed by atoms with Crippen LogP contribution in [0.3, 0.4) is 0 Å². The highest BCUT2D eigenvalue weighted by Crippen LogP contribution is 2.42. The number of carbonyl (C=O) groups is 1. The van der Waals surface area contributed by atoms with Gasteiger partial charge in [-0.2, -0.15) is 0 Å². The van der Waals surface area contributed by atoms with Crippen molar-refractivity contribution in [1.29, 1.82) is 0 Å². The molecule has 2 heterocycles. The molecule has 6 heteroatoms. The van der Waals surface area contributed by atoms with Crippen LogP contribution in [0.15, 0.2) is 18.2 Å². The average molecular weight is 400 g/mol. The fraction of sp³-hybridized carbons (Fsp3) is 0.500. The van der Waals surface area contributed by atoms with E-state index in [9.17, 15) is 9.35 Å². The smallest absolute Gasteiger partial charge is 0.236 e. The molecule has 1 amide bonds. The maximum Gasteiger partial charge on any atom is 0.236 e. The first-order chi connectivity index (χ1) is 13.5. The second-order valence-corrected chi connectivity index (χ2v) is 8.88. The second kappa shape index (κ2) is 8.95. The lowest BCUT2D eigenvalue weighted by Crippen LogP contribution is -2.45. The number of rotatable bonds is 5. The number of aryl methyl sites for hydroxylation is 1. The molecule has 0 bridgehead atoms. The lowest BCUT2D eigenvalue weighted by atomic mass is 10.0. The number of fused-ring (bicyclic) bond motifs is 1. The van der Waals surface area contributed by atoms with Crippen LogP contribution in [-0.2, 0) is 11.2 Å². The van der Waals surface area contributed by atoms with Crippen LogP contribution in [0.5, 0.6) is 0 Å². The van der Waals surface area contributed by atoms with Crippen molar-refractivity contribution in [3.63, 3.8) is 0 Å². The maximum atomic E-state index is 13.1. The fourth-order valence-electron chi connectivity index (χ4n) is 3.87. The van der Waals surface area contributed by atoms with Crippen molar-refractivity contribution in [2.75, 3.05) is 39.0 Å². The number of hydrogen-bond acceptors (Lipinski definition) is 4. The van der Waals surface area contributed by atoms with Gasteiger partial charge in [0.05, 0.1) is 12.2 Å². The fourth-order valence-corrected chi connectivity index (χ4v) is 5.47. The number of piperidine rings is 1. The van der Waals surface area contributed by atoms with Crippen molar-refractivity contribution < 1.29 is 9.35 Å². The van der Waals surface area contributed by atoms with Crippen LogP contribution in [0, 0.1) is 11.8 Å². The number of likely N-dealkylation sites (N-methyl/N-ethyl adjacent to an activating group) is 1. The summed E-state index contributed by atoms with van der Waals surface area (Å²) >= 11 is 0. The quantitative estimate of drug-likeness (QED) is 0.618. The van der Waals surface area contributed by atoms with Gasteiger partial charge in [-0.15, -0.1) is 0 Å². The number of benzene rings is 1. The monoisotopic (exact) mass is 399 g/mol. The summed E-state index contributed by atoms with van der Waals surface area (Å²) in [6.45, 7) is 5.83. The predicted molar refractivity (Wildman–Crippen MR) is 116 cm³/mol. The molecule has 1 aliphatic heterocycles. The highest BCUT2D eigenvalue weighted by molar-refractivity contribution is 7.32. The predicted octanol–water partition coefficient (Wildman–Crippen LogP) is 3.47. The topological polar surface area (TPSA) is 58.6 Å². The van der Waals surface area contributed by atoms with Gasteiger partial charge >= 0.3 is 0 Å². The lowest BCUT2D eigenvalue weighted by molar-refractivity contribution is -0.132. The van der Waals surface area contributed by atoms with Crippen molar-refractivity contribution in [2.45, 2.75) is 39.2 Å². The number of nitrogens with one attached hydrogen (secondary N) is 1. The Bertz CT molecular complexity index is 915. The molecule has 0 spiro atoms. The molecule has 3 rings (SSSR count). The Morgan fingerprint density at radius 1 is 1.36 bits per heavy atom. The van der Waals surface area contributed by atoms with E-state index in [1.165, 1.54) is 0 Å². The van der Waals surface area contributed by atoms with E-state index in [0.29, 0.717) is 6.54 Å². The Labute approximate surface area is 170 Å². The summed E-state index contributed by atoms with van der Waals surface area (Å²) in [6, 6.07) is 6.35. The third-order valence-electron chi connectivity index (χ3n) is 5.24. The van der Waals surface area contributed by atoms with Crippen LogP contribution in [-0.4, -0.2) is 60.0 Å². The first-order valence-electron chi connectivity index (χ1n) is 9.86. The van der Waals surface area contributed by atoms with Crippen LogP contribution >= 0.6 is 10.8 Å². The van der Waals surface area contributed by atoms with E-state index in [4.69, 9.17) is 0 Å². The SMILES string of the molecule is CC#Cc1c(CC)c2cccc(NC3CCN(C(=O)CN(C)C)CC3)c2[s+]1[O-]. The Kier molecular flexibility index (Phi) is 6.61. The number of thiophene rings is 1. The molecule has 1 aromatic heterocycles. The third kappa shape index (κ3) is 4.17. The molecule has 1 aromatic carbocycles. The normalized spacial score (nSPS) is 15.6. The Balaban J connectivity index is 1.79. The van der Waals surface area contributed by atoms with Crippen molar-refractivity contribution in [3.8, 4) is 11.8 Å². The summed E-state index contributed by atoms with van der Waals surface area (Å²) < 4.78 is 14.0. The summed E-state index contributed by atoms with van der Waals surface area (Å²) in [4.78, 5) is 16.8. The van der Waals surface area contributed by atoms with Crippen LogP contribution in [0.4, 0.5) is 5.69 Å². The number of anilines is 1. The summed E-state index contributed by atoms with van der Waals surface area (Å²) in [5.74, 6) is 6.15. The van der Waals surface area contributed by atoms with Crippen molar-refractivity contribution in [2.24, 2.45) is 0 Å². The number of likely N-dealkylation sites (tertiary alicyclic amines) is 1. The maximum absolute atomic E-state index is 13.1. The molecule has 150 valence electrons. The number of nitrogens with zero attached hydrogens (tertiary/aromatic N) is 2. The van der Waals surface area contributed by atoms with E-state index in [1.54, 1.807) is 6.92 Å². The number of carbonyl (C=O) groups excluding carboxylic acids is 1. The third-order valence-corrected chi connectivity index (χ3v) is 6.77. The van der Waals surface area contributed by atoms with E-state index in [1.807, 2.05) is 42.1 Å². The van der Waals surface area contributed by atoms with Crippen LogP contribution in [0.1, 0.15) is 37.1 Å². The van der Waals surface area contributed by atoms with Crippen molar-refractivity contribution in [1.82, 2.24) is 9.80 Å². The molecule has 0 radical (unpaired) electrons. The molecule has 1 aliphatic rings. The molecule has 1 unspecified atom stereocenters. The van der Waals surface area contributed by atoms with Crippen LogP contribution < -0.4 is 5.32 Å². The molecule has 0 saturated carbocycles. The molecule has 1 N–H and O–H groups in total. The van der Waals surface area contributed by atoms with E-state index in [2.05, 4.69) is 24.1 Å². The van der Waals surface area contributed by atoms with Crippen molar-refractivity contribution >= 4 is 32.4 Å². The summed E-state index contributed by atoms with van der Waals surface area (Å²) in [5.41, 5.74) is 2.03. The van der Waals surface area contributed by atoms with Gasteiger partial charge in [-0.3, -0.25) is 4.79 Å². The average Bonchev–Trinajstić information content (AvgIpc) is 2.94. The molecule has 5 nitrogen and oxygen atoms in total. The Hall–Kier alpha value is -2.07. The molecular weight excluding hydrogens is 370 g/mol. The van der Waals surface area contributed by atoms with E-state index < -0.39 is 10.8 Å². The molecule has 28 heavy (non-hydrogen) atoms. The molecule has 0 aliphatic carbocycles. The van der Waals surface area contributed by atoms with Gasteiger partial charge in [0.2, 0.25) is 15.5 Å². The first-order valence-corrected chi connectivity index (χ1v) is 11.0. The van der Waals surface area contributed by atoms with E-state index >= 15 is 0 Å². The van der Waals surface area contributed by atoms with Gasteiger partial charge in [0.15, 0.2) is 0 Å². The summed E-state index contributed by atoms with van der Waals surface area (Å²) in [5, 5.41) is 4.66. The Morgan fingerprint density at radius 2 is 2.07 bits per heavy atom. The highest BCUT2D eigenvalue weighted by Gasteiger charge is 2.26. The molecule has 1 saturated heterocycles. The van der Waals surface area contributed by atoms with Crippen molar-refractivity contribution in [3.05, 3.63) is 28.6 Å². The van der Waals surface area contributed by atoms with E-state index in [0.717, 1.165) is 58.6 Å². The highest BCUT2D eigenvalue weighted by atomic mass is 32.2. The number of amides is 1.